The molecule has 0 bridgehead atoms. The normalized spacial score (nSPS) is 15.3. The van der Waals surface area contributed by atoms with Crippen molar-refractivity contribution in [1.29, 1.82) is 0 Å². The third kappa shape index (κ3) is 3.03. The molecule has 1 aliphatic rings. The number of aromatic carboxylic acids is 1. The fraction of sp³-hybridized carbons (Fsp3) is 0.364. The molecule has 0 saturated heterocycles. The molecule has 8 heteroatoms. The average molecular weight is 286 g/mol. The second-order valence-corrected chi connectivity index (χ2v) is 4.74. The van der Waals surface area contributed by atoms with Crippen molar-refractivity contribution in [3.8, 4) is 0 Å². The Hall–Kier alpha value is -1.64. The van der Waals surface area contributed by atoms with Crippen LogP contribution in [0, 0.1) is 0 Å². The predicted octanol–water partition coefficient (Wildman–Crippen LogP) is 1.25. The monoisotopic (exact) mass is 286 g/mol. The van der Waals surface area contributed by atoms with Gasteiger partial charge in [0.1, 0.15) is 0 Å². The van der Waals surface area contributed by atoms with Crippen LogP contribution in [-0.4, -0.2) is 33.4 Å². The number of benzene rings is 1. The summed E-state index contributed by atoms with van der Waals surface area (Å²) in [5, 5.41) is 13.4. The molecule has 1 aromatic carbocycles. The van der Waals surface area contributed by atoms with Crippen molar-refractivity contribution in [1.82, 2.24) is 0 Å². The minimum Gasteiger partial charge on any atom is -0.478 e. The topological polar surface area (TPSA) is 99.1 Å². The Balaban J connectivity index is 2.43. The second kappa shape index (κ2) is 5.55. The summed E-state index contributed by atoms with van der Waals surface area (Å²) in [5.41, 5.74) is 2.02. The van der Waals surface area contributed by atoms with Gasteiger partial charge in [-0.05, 0) is 30.5 Å². The Morgan fingerprint density at radius 1 is 1.53 bits per heavy atom. The fourth-order valence-corrected chi connectivity index (χ4v) is 2.35. The standard InChI is InChI=1S/C11H14N2O5S/c1-13(18-19(16)17)8-5-7-3-2-4-12-10(7)9(6-8)11(14)15/h5-6,12H,2-4H2,1H3,(H,14,15)(H,16,17). The second-order valence-electron chi connectivity index (χ2n) is 4.15. The van der Waals surface area contributed by atoms with Gasteiger partial charge < -0.3 is 10.4 Å². The number of nitrogens with one attached hydrogen (secondary N) is 1. The van der Waals surface area contributed by atoms with Gasteiger partial charge >= 0.3 is 17.3 Å². The van der Waals surface area contributed by atoms with Crippen LogP contribution < -0.4 is 10.4 Å². The molecule has 7 nitrogen and oxygen atoms in total. The zero-order valence-electron chi connectivity index (χ0n) is 10.3. The quantitative estimate of drug-likeness (QED) is 0.566. The summed E-state index contributed by atoms with van der Waals surface area (Å²) in [6.45, 7) is 0.736. The van der Waals surface area contributed by atoms with E-state index in [9.17, 15) is 14.1 Å². The van der Waals surface area contributed by atoms with Crippen molar-refractivity contribution in [2.45, 2.75) is 12.8 Å². The van der Waals surface area contributed by atoms with E-state index >= 15 is 0 Å². The van der Waals surface area contributed by atoms with Gasteiger partial charge in [0.25, 0.3) is 0 Å². The number of anilines is 2. The molecule has 1 atom stereocenters. The maximum atomic E-state index is 11.3. The number of fused-ring (bicyclic) bond motifs is 1. The highest BCUT2D eigenvalue weighted by atomic mass is 32.2. The first kappa shape index (κ1) is 13.8. The van der Waals surface area contributed by atoms with Gasteiger partial charge in [0.2, 0.25) is 0 Å². The van der Waals surface area contributed by atoms with Gasteiger partial charge in [-0.25, -0.2) is 9.86 Å². The number of aryl methyl sites for hydroxylation is 1. The third-order valence-electron chi connectivity index (χ3n) is 2.90. The van der Waals surface area contributed by atoms with E-state index in [1.165, 1.54) is 13.1 Å². The molecule has 0 radical (unpaired) electrons. The van der Waals surface area contributed by atoms with Crippen LogP contribution in [0.5, 0.6) is 0 Å². The molecular weight excluding hydrogens is 272 g/mol. The molecule has 19 heavy (non-hydrogen) atoms. The summed E-state index contributed by atoms with van der Waals surface area (Å²) in [6.07, 6.45) is 1.67. The molecule has 0 spiro atoms. The van der Waals surface area contributed by atoms with Crippen LogP contribution in [0.2, 0.25) is 0 Å². The summed E-state index contributed by atoms with van der Waals surface area (Å²) in [5.74, 6) is -1.05. The van der Waals surface area contributed by atoms with Crippen LogP contribution in [-0.2, 0) is 22.1 Å². The van der Waals surface area contributed by atoms with E-state index in [0.29, 0.717) is 11.4 Å². The molecule has 0 aromatic heterocycles. The van der Waals surface area contributed by atoms with Gasteiger partial charge in [-0.3, -0.25) is 4.55 Å². The zero-order valence-corrected chi connectivity index (χ0v) is 11.1. The van der Waals surface area contributed by atoms with Gasteiger partial charge in [0.15, 0.2) is 0 Å². The van der Waals surface area contributed by atoms with Gasteiger partial charge in [0, 0.05) is 13.6 Å². The van der Waals surface area contributed by atoms with E-state index in [0.717, 1.165) is 30.0 Å². The first-order valence-corrected chi connectivity index (χ1v) is 6.69. The fourth-order valence-electron chi connectivity index (χ4n) is 2.07. The number of carboxylic acid groups (broad SMARTS) is 1. The molecule has 0 amide bonds. The SMILES string of the molecule is CN(OS(=O)O)c1cc2c(c(C(=O)O)c1)NCCC2. The summed E-state index contributed by atoms with van der Waals surface area (Å²) >= 11 is -2.45. The van der Waals surface area contributed by atoms with Crippen LogP contribution in [0.25, 0.3) is 0 Å². The number of rotatable bonds is 4. The Bertz CT molecular complexity index is 534. The van der Waals surface area contributed by atoms with Crippen LogP contribution in [0.4, 0.5) is 11.4 Å². The van der Waals surface area contributed by atoms with Gasteiger partial charge in [-0.2, -0.15) is 4.21 Å². The van der Waals surface area contributed by atoms with Gasteiger partial charge in [-0.15, -0.1) is 4.28 Å². The zero-order chi connectivity index (χ0) is 14.0. The number of carbonyl (C=O) groups is 1. The smallest absolute Gasteiger partial charge is 0.337 e. The molecule has 3 N–H and O–H groups in total. The highest BCUT2D eigenvalue weighted by molar-refractivity contribution is 7.74. The molecule has 1 aromatic rings. The average Bonchev–Trinajstić information content (AvgIpc) is 2.36. The number of hydrogen-bond acceptors (Lipinski definition) is 5. The van der Waals surface area contributed by atoms with Crippen molar-refractivity contribution in [3.63, 3.8) is 0 Å². The minimum absolute atomic E-state index is 0.131. The maximum Gasteiger partial charge on any atom is 0.337 e. The van der Waals surface area contributed by atoms with Crippen molar-refractivity contribution in [3.05, 3.63) is 23.3 Å². The van der Waals surface area contributed by atoms with Crippen molar-refractivity contribution < 1.29 is 22.9 Å². The lowest BCUT2D eigenvalue weighted by Crippen LogP contribution is -2.22. The maximum absolute atomic E-state index is 11.3. The number of carboxylic acids is 1. The molecule has 104 valence electrons. The Labute approximate surface area is 112 Å². The molecule has 1 heterocycles. The van der Waals surface area contributed by atoms with Gasteiger partial charge in [-0.1, -0.05) is 0 Å². The molecule has 0 fully saturated rings. The van der Waals surface area contributed by atoms with Crippen molar-refractivity contribution in [2.24, 2.45) is 0 Å². The highest BCUT2D eigenvalue weighted by Crippen LogP contribution is 2.31. The summed E-state index contributed by atoms with van der Waals surface area (Å²) in [6, 6.07) is 3.16. The van der Waals surface area contributed by atoms with E-state index in [2.05, 4.69) is 9.60 Å². The number of hydroxylamine groups is 1. The van der Waals surface area contributed by atoms with Crippen molar-refractivity contribution >= 4 is 28.7 Å². The van der Waals surface area contributed by atoms with Crippen LogP contribution >= 0.6 is 0 Å². The van der Waals surface area contributed by atoms with E-state index in [1.807, 2.05) is 0 Å². The van der Waals surface area contributed by atoms with E-state index in [1.54, 1.807) is 6.07 Å². The molecule has 0 aliphatic carbocycles. The Kier molecular flexibility index (Phi) is 4.03. The predicted molar refractivity (Wildman–Crippen MR) is 70.5 cm³/mol. The number of hydrogen-bond donors (Lipinski definition) is 3. The number of nitrogens with zero attached hydrogens (tertiary/aromatic N) is 1. The molecule has 0 saturated carbocycles. The lowest BCUT2D eigenvalue weighted by Gasteiger charge is -2.23. The lowest BCUT2D eigenvalue weighted by atomic mass is 9.98. The van der Waals surface area contributed by atoms with Crippen LogP contribution in [0.3, 0.4) is 0 Å². The summed E-state index contributed by atoms with van der Waals surface area (Å²) in [4.78, 5) is 11.3. The Morgan fingerprint density at radius 3 is 2.89 bits per heavy atom. The summed E-state index contributed by atoms with van der Waals surface area (Å²) in [7, 11) is 1.44. The summed E-state index contributed by atoms with van der Waals surface area (Å²) < 4.78 is 23.9. The molecular formula is C11H14N2O5S. The van der Waals surface area contributed by atoms with E-state index in [-0.39, 0.29) is 5.56 Å². The Morgan fingerprint density at radius 2 is 2.26 bits per heavy atom. The van der Waals surface area contributed by atoms with Crippen LogP contribution in [0.1, 0.15) is 22.3 Å². The van der Waals surface area contributed by atoms with Crippen molar-refractivity contribution in [2.75, 3.05) is 24.0 Å². The van der Waals surface area contributed by atoms with E-state index < -0.39 is 17.3 Å². The van der Waals surface area contributed by atoms with Gasteiger partial charge in [0.05, 0.1) is 16.9 Å². The van der Waals surface area contributed by atoms with E-state index in [4.69, 9.17) is 4.55 Å². The largest absolute Gasteiger partial charge is 0.478 e. The van der Waals surface area contributed by atoms with Crippen LogP contribution in [0.15, 0.2) is 12.1 Å². The molecule has 2 rings (SSSR count). The first-order chi connectivity index (χ1) is 8.99. The highest BCUT2D eigenvalue weighted by Gasteiger charge is 2.20. The third-order valence-corrected chi connectivity index (χ3v) is 3.25. The first-order valence-electron chi connectivity index (χ1n) is 5.66. The molecule has 1 aliphatic heterocycles. The lowest BCUT2D eigenvalue weighted by molar-refractivity contribution is 0.0697. The molecule has 1 unspecified atom stereocenters. The minimum atomic E-state index is -2.45.